The van der Waals surface area contributed by atoms with Crippen LogP contribution < -0.4 is 0 Å². The summed E-state index contributed by atoms with van der Waals surface area (Å²) in [5.41, 5.74) is 1.71. The fraction of sp³-hybridized carbons (Fsp3) is 0.300. The van der Waals surface area contributed by atoms with Crippen LogP contribution in [0.4, 0.5) is 0 Å². The Bertz CT molecular complexity index is 321. The zero-order chi connectivity index (χ0) is 9.84. The van der Waals surface area contributed by atoms with E-state index >= 15 is 0 Å². The van der Waals surface area contributed by atoms with Gasteiger partial charge in [0.05, 0.1) is 12.7 Å². The van der Waals surface area contributed by atoms with Crippen molar-refractivity contribution in [2.24, 2.45) is 0 Å². The lowest BCUT2D eigenvalue weighted by Gasteiger charge is -2.03. The first-order valence-corrected chi connectivity index (χ1v) is 4.85. The van der Waals surface area contributed by atoms with Gasteiger partial charge >= 0.3 is 5.97 Å². The number of rotatable bonds is 2. The average Bonchev–Trinajstić information content (AvgIpc) is 2.17. The van der Waals surface area contributed by atoms with Gasteiger partial charge in [-0.25, -0.2) is 4.79 Å². The number of carbonyl (C=O) groups excluding carboxylic acids is 1. The zero-order valence-corrected chi connectivity index (χ0v) is 9.22. The van der Waals surface area contributed by atoms with E-state index in [0.717, 1.165) is 16.5 Å². The van der Waals surface area contributed by atoms with Crippen molar-refractivity contribution in [1.82, 2.24) is 0 Å². The van der Waals surface area contributed by atoms with E-state index in [1.54, 1.807) is 6.07 Å². The molecule has 0 bridgehead atoms. The SMILES string of the molecule is CCc1cc(C(=O)OC)ccc1Br. The van der Waals surface area contributed by atoms with Crippen LogP contribution in [0, 0.1) is 0 Å². The van der Waals surface area contributed by atoms with Crippen LogP contribution in [0.1, 0.15) is 22.8 Å². The van der Waals surface area contributed by atoms with Gasteiger partial charge in [-0.15, -0.1) is 0 Å². The minimum absolute atomic E-state index is 0.290. The molecule has 1 aromatic rings. The molecule has 0 aliphatic heterocycles. The number of hydrogen-bond acceptors (Lipinski definition) is 2. The summed E-state index contributed by atoms with van der Waals surface area (Å²) in [7, 11) is 1.38. The second kappa shape index (κ2) is 4.42. The van der Waals surface area contributed by atoms with Gasteiger partial charge < -0.3 is 4.74 Å². The number of halogens is 1. The minimum atomic E-state index is -0.290. The Kier molecular flexibility index (Phi) is 3.48. The number of carbonyl (C=O) groups is 1. The van der Waals surface area contributed by atoms with Gasteiger partial charge in [-0.1, -0.05) is 22.9 Å². The lowest BCUT2D eigenvalue weighted by molar-refractivity contribution is 0.0600. The Morgan fingerprint density at radius 2 is 2.23 bits per heavy atom. The third kappa shape index (κ3) is 2.31. The molecule has 70 valence electrons. The highest BCUT2D eigenvalue weighted by Crippen LogP contribution is 2.19. The van der Waals surface area contributed by atoms with Crippen molar-refractivity contribution in [3.05, 3.63) is 33.8 Å². The molecule has 3 heteroatoms. The Hall–Kier alpha value is -0.830. The largest absolute Gasteiger partial charge is 0.465 e. The molecular weight excluding hydrogens is 232 g/mol. The van der Waals surface area contributed by atoms with Crippen LogP contribution >= 0.6 is 15.9 Å². The van der Waals surface area contributed by atoms with Crippen LogP contribution in [0.3, 0.4) is 0 Å². The van der Waals surface area contributed by atoms with E-state index in [1.807, 2.05) is 19.1 Å². The van der Waals surface area contributed by atoms with Crippen molar-refractivity contribution in [3.63, 3.8) is 0 Å². The molecule has 0 unspecified atom stereocenters. The van der Waals surface area contributed by atoms with Crippen LogP contribution in [-0.2, 0) is 11.2 Å². The van der Waals surface area contributed by atoms with Crippen molar-refractivity contribution in [2.75, 3.05) is 7.11 Å². The van der Waals surface area contributed by atoms with Gasteiger partial charge in [0.25, 0.3) is 0 Å². The predicted molar refractivity (Wildman–Crippen MR) is 54.9 cm³/mol. The van der Waals surface area contributed by atoms with Gasteiger partial charge in [-0.2, -0.15) is 0 Å². The molecule has 0 saturated heterocycles. The molecule has 0 heterocycles. The maximum Gasteiger partial charge on any atom is 0.337 e. The van der Waals surface area contributed by atoms with Crippen molar-refractivity contribution >= 4 is 21.9 Å². The van der Waals surface area contributed by atoms with E-state index in [-0.39, 0.29) is 5.97 Å². The van der Waals surface area contributed by atoms with Crippen LogP contribution in [0.5, 0.6) is 0 Å². The van der Waals surface area contributed by atoms with Gasteiger partial charge in [0, 0.05) is 4.47 Å². The molecule has 0 N–H and O–H groups in total. The molecule has 0 aliphatic carbocycles. The third-order valence-electron chi connectivity index (χ3n) is 1.85. The second-order valence-corrected chi connectivity index (χ2v) is 3.51. The molecule has 13 heavy (non-hydrogen) atoms. The van der Waals surface area contributed by atoms with Crippen molar-refractivity contribution in [2.45, 2.75) is 13.3 Å². The van der Waals surface area contributed by atoms with Crippen LogP contribution in [-0.4, -0.2) is 13.1 Å². The molecule has 0 fully saturated rings. The monoisotopic (exact) mass is 242 g/mol. The molecule has 0 amide bonds. The maximum absolute atomic E-state index is 11.2. The normalized spacial score (nSPS) is 9.77. The summed E-state index contributed by atoms with van der Waals surface area (Å²) in [5, 5.41) is 0. The molecule has 2 nitrogen and oxygen atoms in total. The smallest absolute Gasteiger partial charge is 0.337 e. The van der Waals surface area contributed by atoms with Crippen LogP contribution in [0.25, 0.3) is 0 Å². The van der Waals surface area contributed by atoms with E-state index < -0.39 is 0 Å². The molecule has 0 aliphatic rings. The Balaban J connectivity index is 3.06. The standard InChI is InChI=1S/C10H11BrO2/c1-3-7-6-8(10(12)13-2)4-5-9(7)11/h4-6H,3H2,1-2H3. The van der Waals surface area contributed by atoms with E-state index in [1.165, 1.54) is 7.11 Å². The highest BCUT2D eigenvalue weighted by atomic mass is 79.9. The molecule has 1 rings (SSSR count). The number of aryl methyl sites for hydroxylation is 1. The fourth-order valence-electron chi connectivity index (χ4n) is 1.09. The van der Waals surface area contributed by atoms with Crippen molar-refractivity contribution in [3.8, 4) is 0 Å². The Morgan fingerprint density at radius 1 is 1.54 bits per heavy atom. The van der Waals surface area contributed by atoms with E-state index in [9.17, 15) is 4.79 Å². The molecule has 0 saturated carbocycles. The number of methoxy groups -OCH3 is 1. The quantitative estimate of drug-likeness (QED) is 0.746. The summed E-state index contributed by atoms with van der Waals surface area (Å²) in [4.78, 5) is 11.2. The fourth-order valence-corrected chi connectivity index (χ4v) is 1.62. The molecule has 0 spiro atoms. The molecule has 0 atom stereocenters. The van der Waals surface area contributed by atoms with Gasteiger partial charge in [-0.05, 0) is 30.2 Å². The lowest BCUT2D eigenvalue weighted by Crippen LogP contribution is -2.01. The first-order chi connectivity index (χ1) is 6.19. The Labute approximate surface area is 86.0 Å². The molecule has 1 aromatic carbocycles. The zero-order valence-electron chi connectivity index (χ0n) is 7.63. The van der Waals surface area contributed by atoms with Gasteiger partial charge in [0.15, 0.2) is 0 Å². The summed E-state index contributed by atoms with van der Waals surface area (Å²) in [5.74, 6) is -0.290. The third-order valence-corrected chi connectivity index (χ3v) is 2.62. The summed E-state index contributed by atoms with van der Waals surface area (Å²) in [6.45, 7) is 2.04. The first kappa shape index (κ1) is 10.3. The van der Waals surface area contributed by atoms with Crippen LogP contribution in [0.15, 0.2) is 22.7 Å². The minimum Gasteiger partial charge on any atom is -0.465 e. The van der Waals surface area contributed by atoms with Gasteiger partial charge in [0.2, 0.25) is 0 Å². The van der Waals surface area contributed by atoms with Gasteiger partial charge in [0.1, 0.15) is 0 Å². The van der Waals surface area contributed by atoms with E-state index in [4.69, 9.17) is 0 Å². The number of esters is 1. The highest BCUT2D eigenvalue weighted by molar-refractivity contribution is 9.10. The Morgan fingerprint density at radius 3 is 2.77 bits per heavy atom. The first-order valence-electron chi connectivity index (χ1n) is 4.05. The summed E-state index contributed by atoms with van der Waals surface area (Å²) >= 11 is 3.41. The topological polar surface area (TPSA) is 26.3 Å². The summed E-state index contributed by atoms with van der Waals surface area (Å²) < 4.78 is 5.65. The average molecular weight is 243 g/mol. The number of ether oxygens (including phenoxy) is 1. The van der Waals surface area contributed by atoms with Crippen LogP contribution in [0.2, 0.25) is 0 Å². The van der Waals surface area contributed by atoms with Gasteiger partial charge in [-0.3, -0.25) is 0 Å². The summed E-state index contributed by atoms with van der Waals surface area (Å²) in [6, 6.07) is 5.45. The lowest BCUT2D eigenvalue weighted by atomic mass is 10.1. The highest BCUT2D eigenvalue weighted by Gasteiger charge is 2.06. The molecular formula is C10H11BrO2. The molecule has 0 aromatic heterocycles. The van der Waals surface area contributed by atoms with Crippen molar-refractivity contribution < 1.29 is 9.53 Å². The number of benzene rings is 1. The van der Waals surface area contributed by atoms with Crippen molar-refractivity contribution in [1.29, 1.82) is 0 Å². The number of hydrogen-bond donors (Lipinski definition) is 0. The van der Waals surface area contributed by atoms with E-state index in [0.29, 0.717) is 5.56 Å². The van der Waals surface area contributed by atoms with E-state index in [2.05, 4.69) is 20.7 Å². The second-order valence-electron chi connectivity index (χ2n) is 2.65. The molecule has 0 radical (unpaired) electrons. The summed E-state index contributed by atoms with van der Waals surface area (Å²) in [6.07, 6.45) is 0.894. The predicted octanol–water partition coefficient (Wildman–Crippen LogP) is 2.80. The maximum atomic E-state index is 11.2.